The Morgan fingerprint density at radius 3 is 2.50 bits per heavy atom. The quantitative estimate of drug-likeness (QED) is 0.838. The van der Waals surface area contributed by atoms with Crippen molar-refractivity contribution in [3.63, 3.8) is 0 Å². The van der Waals surface area contributed by atoms with Crippen LogP contribution >= 0.6 is 27.3 Å². The van der Waals surface area contributed by atoms with E-state index in [0.717, 1.165) is 21.5 Å². The Morgan fingerprint density at radius 2 is 2.06 bits per heavy atom. The van der Waals surface area contributed by atoms with Gasteiger partial charge in [0.05, 0.1) is 14.8 Å². The van der Waals surface area contributed by atoms with E-state index in [1.165, 1.54) is 11.3 Å². The fourth-order valence-corrected chi connectivity index (χ4v) is 5.99. The highest BCUT2D eigenvalue weighted by atomic mass is 79.9. The van der Waals surface area contributed by atoms with Crippen molar-refractivity contribution in [2.24, 2.45) is 0 Å². The maximum absolute atomic E-state index is 12.5. The number of nitrogens with zero attached hydrogens (tertiary/aromatic N) is 1. The number of sulfonamides is 1. The zero-order valence-corrected chi connectivity index (χ0v) is 13.6. The van der Waals surface area contributed by atoms with Crippen LogP contribution in [-0.4, -0.2) is 39.0 Å². The molecule has 4 nitrogen and oxygen atoms in total. The summed E-state index contributed by atoms with van der Waals surface area (Å²) in [6.07, 6.45) is 1.71. The fraction of sp³-hybridized carbons (Fsp3) is 0.636. The third-order valence-electron chi connectivity index (χ3n) is 3.19. The predicted molar refractivity (Wildman–Crippen MR) is 75.5 cm³/mol. The molecule has 0 saturated carbocycles. The van der Waals surface area contributed by atoms with Crippen molar-refractivity contribution in [1.29, 1.82) is 0 Å². The molecule has 0 unspecified atom stereocenters. The first-order valence-electron chi connectivity index (χ1n) is 5.74. The summed E-state index contributed by atoms with van der Waals surface area (Å²) in [5, 5.41) is 0. The van der Waals surface area contributed by atoms with Crippen LogP contribution in [-0.2, 0) is 14.8 Å². The molecule has 1 aliphatic heterocycles. The molecule has 1 aromatic rings. The SMILES string of the molecule is COC1CCN(S(=O)(=O)c2cc(Br)sc2C)CC1. The Kier molecular flexibility index (Phi) is 4.48. The number of halogens is 1. The van der Waals surface area contributed by atoms with Crippen LogP contribution in [0.1, 0.15) is 17.7 Å². The van der Waals surface area contributed by atoms with Crippen molar-refractivity contribution in [2.45, 2.75) is 30.8 Å². The summed E-state index contributed by atoms with van der Waals surface area (Å²) in [6.45, 7) is 2.91. The molecule has 18 heavy (non-hydrogen) atoms. The first kappa shape index (κ1) is 14.5. The van der Waals surface area contributed by atoms with E-state index >= 15 is 0 Å². The molecule has 0 spiro atoms. The van der Waals surface area contributed by atoms with Crippen LogP contribution in [0.25, 0.3) is 0 Å². The van der Waals surface area contributed by atoms with E-state index in [9.17, 15) is 8.42 Å². The second-order valence-electron chi connectivity index (χ2n) is 4.31. The van der Waals surface area contributed by atoms with Gasteiger partial charge in [-0.15, -0.1) is 11.3 Å². The van der Waals surface area contributed by atoms with Gasteiger partial charge in [0, 0.05) is 25.1 Å². The van der Waals surface area contributed by atoms with Gasteiger partial charge in [-0.1, -0.05) is 0 Å². The highest BCUT2D eigenvalue weighted by molar-refractivity contribution is 9.11. The van der Waals surface area contributed by atoms with Gasteiger partial charge in [-0.3, -0.25) is 0 Å². The van der Waals surface area contributed by atoms with Gasteiger partial charge in [0.25, 0.3) is 0 Å². The van der Waals surface area contributed by atoms with E-state index in [-0.39, 0.29) is 6.10 Å². The van der Waals surface area contributed by atoms with Crippen LogP contribution in [0.3, 0.4) is 0 Å². The normalized spacial score (nSPS) is 19.3. The Bertz CT molecular complexity index is 518. The molecular weight excluding hydrogens is 338 g/mol. The number of aryl methyl sites for hydroxylation is 1. The van der Waals surface area contributed by atoms with E-state index in [1.807, 2.05) is 6.92 Å². The van der Waals surface area contributed by atoms with Gasteiger partial charge >= 0.3 is 0 Å². The monoisotopic (exact) mass is 353 g/mol. The number of methoxy groups -OCH3 is 1. The van der Waals surface area contributed by atoms with Gasteiger partial charge in [0.2, 0.25) is 10.0 Å². The van der Waals surface area contributed by atoms with Gasteiger partial charge < -0.3 is 4.74 Å². The van der Waals surface area contributed by atoms with E-state index in [1.54, 1.807) is 17.5 Å². The summed E-state index contributed by atoms with van der Waals surface area (Å²) in [6, 6.07) is 1.69. The minimum atomic E-state index is -3.35. The lowest BCUT2D eigenvalue weighted by atomic mass is 10.1. The molecule has 0 aromatic carbocycles. The fourth-order valence-electron chi connectivity index (χ4n) is 2.13. The van der Waals surface area contributed by atoms with Crippen molar-refractivity contribution in [1.82, 2.24) is 4.31 Å². The van der Waals surface area contributed by atoms with Crippen LogP contribution < -0.4 is 0 Å². The van der Waals surface area contributed by atoms with E-state index in [2.05, 4.69) is 15.9 Å². The molecular formula is C11H16BrNO3S2. The maximum Gasteiger partial charge on any atom is 0.244 e. The first-order valence-corrected chi connectivity index (χ1v) is 8.79. The largest absolute Gasteiger partial charge is 0.381 e. The summed E-state index contributed by atoms with van der Waals surface area (Å²) in [4.78, 5) is 1.26. The summed E-state index contributed by atoms with van der Waals surface area (Å²) < 4.78 is 32.6. The molecule has 1 saturated heterocycles. The zero-order valence-electron chi connectivity index (χ0n) is 10.3. The smallest absolute Gasteiger partial charge is 0.244 e. The second-order valence-corrected chi connectivity index (χ2v) is 8.85. The number of ether oxygens (including phenoxy) is 1. The Labute approximate surface area is 120 Å². The molecule has 0 aliphatic carbocycles. The number of rotatable bonds is 3. The molecule has 1 fully saturated rings. The topological polar surface area (TPSA) is 46.6 Å². The third kappa shape index (κ3) is 2.80. The van der Waals surface area contributed by atoms with Gasteiger partial charge in [0.15, 0.2) is 0 Å². The lowest BCUT2D eigenvalue weighted by Crippen LogP contribution is -2.40. The lowest BCUT2D eigenvalue weighted by molar-refractivity contribution is 0.0604. The Morgan fingerprint density at radius 1 is 1.44 bits per heavy atom. The second kappa shape index (κ2) is 5.58. The van der Waals surface area contributed by atoms with Crippen molar-refractivity contribution < 1.29 is 13.2 Å². The molecule has 0 radical (unpaired) electrons. The van der Waals surface area contributed by atoms with Crippen molar-refractivity contribution in [3.05, 3.63) is 14.7 Å². The highest BCUT2D eigenvalue weighted by Gasteiger charge is 2.31. The molecule has 2 heterocycles. The lowest BCUT2D eigenvalue weighted by Gasteiger charge is -2.30. The van der Waals surface area contributed by atoms with Crippen molar-refractivity contribution in [3.8, 4) is 0 Å². The zero-order chi connectivity index (χ0) is 13.3. The Balaban J connectivity index is 2.20. The van der Waals surface area contributed by atoms with Crippen LogP contribution in [0.15, 0.2) is 14.7 Å². The van der Waals surface area contributed by atoms with E-state index in [4.69, 9.17) is 4.74 Å². The number of piperidine rings is 1. The number of thiophene rings is 1. The van der Waals surface area contributed by atoms with Crippen LogP contribution in [0.5, 0.6) is 0 Å². The van der Waals surface area contributed by atoms with E-state index in [0.29, 0.717) is 18.0 Å². The van der Waals surface area contributed by atoms with Crippen molar-refractivity contribution >= 4 is 37.3 Å². The molecule has 0 atom stereocenters. The van der Waals surface area contributed by atoms with Crippen molar-refractivity contribution in [2.75, 3.05) is 20.2 Å². The Hall–Kier alpha value is 0.0500. The van der Waals surface area contributed by atoms with Crippen LogP contribution in [0.4, 0.5) is 0 Å². The molecule has 0 N–H and O–H groups in total. The molecule has 1 aliphatic rings. The molecule has 2 rings (SSSR count). The summed E-state index contributed by atoms with van der Waals surface area (Å²) in [7, 11) is -1.67. The molecule has 1 aromatic heterocycles. The summed E-state index contributed by atoms with van der Waals surface area (Å²) in [5.41, 5.74) is 0. The summed E-state index contributed by atoms with van der Waals surface area (Å²) in [5.74, 6) is 0. The minimum Gasteiger partial charge on any atom is -0.381 e. The minimum absolute atomic E-state index is 0.187. The van der Waals surface area contributed by atoms with Gasteiger partial charge in [-0.2, -0.15) is 4.31 Å². The van der Waals surface area contributed by atoms with Gasteiger partial charge in [-0.25, -0.2) is 8.42 Å². The molecule has 0 amide bonds. The number of hydrogen-bond donors (Lipinski definition) is 0. The average Bonchev–Trinajstić information content (AvgIpc) is 2.69. The standard InChI is InChI=1S/C11H16BrNO3S2/c1-8-10(7-11(12)17-8)18(14,15)13-5-3-9(16-2)4-6-13/h7,9H,3-6H2,1-2H3. The predicted octanol–water partition coefficient (Wildman–Crippen LogP) is 2.62. The molecule has 7 heteroatoms. The highest BCUT2D eigenvalue weighted by Crippen LogP contribution is 2.32. The number of hydrogen-bond acceptors (Lipinski definition) is 4. The van der Waals surface area contributed by atoms with Crippen LogP contribution in [0, 0.1) is 6.92 Å². The maximum atomic E-state index is 12.5. The van der Waals surface area contributed by atoms with E-state index < -0.39 is 10.0 Å². The van der Waals surface area contributed by atoms with Gasteiger partial charge in [0.1, 0.15) is 0 Å². The van der Waals surface area contributed by atoms with Crippen LogP contribution in [0.2, 0.25) is 0 Å². The third-order valence-corrected chi connectivity index (χ3v) is 6.90. The van der Waals surface area contributed by atoms with Gasteiger partial charge in [-0.05, 0) is 41.8 Å². The molecule has 102 valence electrons. The average molecular weight is 354 g/mol. The summed E-state index contributed by atoms with van der Waals surface area (Å²) >= 11 is 4.79. The molecule has 0 bridgehead atoms. The first-order chi connectivity index (χ1) is 8.45.